The van der Waals surface area contributed by atoms with Gasteiger partial charge in [0.25, 0.3) is 0 Å². The van der Waals surface area contributed by atoms with Gasteiger partial charge < -0.3 is 15.1 Å². The summed E-state index contributed by atoms with van der Waals surface area (Å²) >= 11 is 0. The Morgan fingerprint density at radius 1 is 1.05 bits per heavy atom. The molecular weight excluding hydrogens is 498 g/mol. The third-order valence-electron chi connectivity index (χ3n) is 8.49. The Balaban J connectivity index is 1.13. The Morgan fingerprint density at radius 3 is 2.37 bits per heavy atom. The minimum absolute atomic E-state index is 0.0240. The van der Waals surface area contributed by atoms with Crippen molar-refractivity contribution >= 4 is 21.7 Å². The first-order chi connectivity index (χ1) is 18.2. The van der Waals surface area contributed by atoms with Gasteiger partial charge in [0, 0.05) is 38.7 Å². The molecule has 1 unspecified atom stereocenters. The van der Waals surface area contributed by atoms with Crippen molar-refractivity contribution in [3.63, 3.8) is 0 Å². The maximum Gasteiger partial charge on any atom is 0.223 e. The van der Waals surface area contributed by atoms with E-state index in [1.807, 2.05) is 35.2 Å². The summed E-state index contributed by atoms with van der Waals surface area (Å²) in [5.41, 5.74) is 2.14. The summed E-state index contributed by atoms with van der Waals surface area (Å²) in [5, 5.41) is 3.29. The maximum absolute atomic E-state index is 12.9. The Labute approximate surface area is 226 Å². The molecule has 1 N–H and O–H groups in total. The maximum atomic E-state index is 12.9. The van der Waals surface area contributed by atoms with Gasteiger partial charge in [-0.1, -0.05) is 42.5 Å². The van der Waals surface area contributed by atoms with E-state index in [0.29, 0.717) is 30.2 Å². The molecule has 8 heteroatoms. The zero-order chi connectivity index (χ0) is 26.8. The number of hydrogen-bond donors (Lipinski definition) is 1. The molecule has 2 aliphatic heterocycles. The van der Waals surface area contributed by atoms with Crippen LogP contribution < -0.4 is 5.32 Å². The molecule has 2 amide bonds. The monoisotopic (exact) mass is 537 g/mol. The first kappa shape index (κ1) is 26.9. The van der Waals surface area contributed by atoms with Crippen molar-refractivity contribution in [2.24, 2.45) is 11.3 Å². The number of likely N-dealkylation sites (tertiary alicyclic amines) is 2. The molecule has 2 saturated heterocycles. The Morgan fingerprint density at radius 2 is 1.74 bits per heavy atom. The summed E-state index contributed by atoms with van der Waals surface area (Å²) < 4.78 is 23.5. The fourth-order valence-electron chi connectivity index (χ4n) is 5.93. The van der Waals surface area contributed by atoms with E-state index in [9.17, 15) is 18.0 Å². The lowest BCUT2D eigenvalue weighted by molar-refractivity contribution is -0.128. The Hall–Kier alpha value is -2.71. The van der Waals surface area contributed by atoms with Gasteiger partial charge in [-0.05, 0) is 79.8 Å². The number of rotatable bonds is 10. The van der Waals surface area contributed by atoms with Crippen LogP contribution >= 0.6 is 0 Å². The van der Waals surface area contributed by atoms with E-state index in [4.69, 9.17) is 0 Å². The molecule has 1 saturated carbocycles. The molecule has 2 aromatic carbocycles. The molecular formula is C30H39N3O4S. The number of benzene rings is 2. The molecule has 7 nitrogen and oxygen atoms in total. The number of amides is 2. The van der Waals surface area contributed by atoms with Crippen LogP contribution in [0.3, 0.4) is 0 Å². The number of nitrogens with one attached hydrogen (secondary N) is 1. The number of sulfone groups is 1. The average Bonchev–Trinajstić information content (AvgIpc) is 3.66. The standard InChI is InChI=1S/C30H39N3O4S/c1-38(36,37)26-11-9-24(10-12-26)21-33-22-30(20-29(33)35)14-17-32(18-15-30)16-13-27(25-5-3-2-4-6-25)31-28(34)19-23-7-8-23/h2-6,9-12,23,27H,7-8,13-22H2,1H3,(H,31,34). The van der Waals surface area contributed by atoms with Crippen molar-refractivity contribution in [2.45, 2.75) is 62.4 Å². The molecule has 0 aromatic heterocycles. The van der Waals surface area contributed by atoms with E-state index < -0.39 is 9.84 Å². The van der Waals surface area contributed by atoms with E-state index in [-0.39, 0.29) is 23.3 Å². The summed E-state index contributed by atoms with van der Waals surface area (Å²) in [6, 6.07) is 17.2. The predicted molar refractivity (Wildman–Crippen MR) is 147 cm³/mol. The summed E-state index contributed by atoms with van der Waals surface area (Å²) in [4.78, 5) is 30.2. The fourth-order valence-corrected chi connectivity index (χ4v) is 6.56. The zero-order valence-corrected chi connectivity index (χ0v) is 23.1. The van der Waals surface area contributed by atoms with Crippen LogP contribution in [0.1, 0.15) is 62.1 Å². The summed E-state index contributed by atoms with van der Waals surface area (Å²) in [6.45, 7) is 4.12. The number of hydrogen-bond acceptors (Lipinski definition) is 5. The highest BCUT2D eigenvalue weighted by molar-refractivity contribution is 7.90. The Bertz CT molecular complexity index is 1230. The second kappa shape index (κ2) is 11.2. The summed E-state index contributed by atoms with van der Waals surface area (Å²) in [7, 11) is -3.23. The number of carbonyl (C=O) groups excluding carboxylic acids is 2. The van der Waals surface area contributed by atoms with Gasteiger partial charge in [0.05, 0.1) is 10.9 Å². The second-order valence-corrected chi connectivity index (χ2v) is 13.7. The van der Waals surface area contributed by atoms with Gasteiger partial charge in [0.15, 0.2) is 9.84 Å². The molecule has 1 aliphatic carbocycles. The first-order valence-electron chi connectivity index (χ1n) is 13.8. The molecule has 3 aliphatic rings. The third kappa shape index (κ3) is 6.83. The van der Waals surface area contributed by atoms with Crippen molar-refractivity contribution in [1.29, 1.82) is 0 Å². The van der Waals surface area contributed by atoms with Crippen molar-refractivity contribution in [1.82, 2.24) is 15.1 Å². The summed E-state index contributed by atoms with van der Waals surface area (Å²) in [6.07, 6.45) is 7.65. The molecule has 204 valence electrons. The van der Waals surface area contributed by atoms with E-state index in [2.05, 4.69) is 22.3 Å². The highest BCUT2D eigenvalue weighted by Gasteiger charge is 2.44. The molecule has 0 bridgehead atoms. The lowest BCUT2D eigenvalue weighted by Crippen LogP contribution is -2.42. The molecule has 2 aromatic rings. The van der Waals surface area contributed by atoms with Crippen LogP contribution in [-0.4, -0.2) is 62.5 Å². The highest BCUT2D eigenvalue weighted by atomic mass is 32.2. The van der Waals surface area contributed by atoms with Crippen LogP contribution in [0.25, 0.3) is 0 Å². The third-order valence-corrected chi connectivity index (χ3v) is 9.62. The minimum atomic E-state index is -3.23. The SMILES string of the molecule is CS(=O)(=O)c1ccc(CN2CC3(CCN(CCC(NC(=O)CC4CC4)c4ccccc4)CC3)CC2=O)cc1. The number of nitrogens with zero attached hydrogens (tertiary/aromatic N) is 2. The van der Waals surface area contributed by atoms with Crippen molar-refractivity contribution < 1.29 is 18.0 Å². The summed E-state index contributed by atoms with van der Waals surface area (Å²) in [5.74, 6) is 0.924. The van der Waals surface area contributed by atoms with Gasteiger partial charge in [0.1, 0.15) is 0 Å². The number of carbonyl (C=O) groups is 2. The smallest absolute Gasteiger partial charge is 0.223 e. The van der Waals surface area contributed by atoms with Crippen molar-refractivity contribution in [3.8, 4) is 0 Å². The normalized spacial score (nSPS) is 20.6. The van der Waals surface area contributed by atoms with Crippen LogP contribution in [0.4, 0.5) is 0 Å². The van der Waals surface area contributed by atoms with Gasteiger partial charge >= 0.3 is 0 Å². The van der Waals surface area contributed by atoms with Crippen LogP contribution in [0.2, 0.25) is 0 Å². The molecule has 5 rings (SSSR count). The zero-order valence-electron chi connectivity index (χ0n) is 22.3. The van der Waals surface area contributed by atoms with Crippen molar-refractivity contribution in [3.05, 3.63) is 65.7 Å². The lowest BCUT2D eigenvalue weighted by Gasteiger charge is -2.39. The number of piperidine rings is 1. The van der Waals surface area contributed by atoms with Gasteiger partial charge in [-0.2, -0.15) is 0 Å². The van der Waals surface area contributed by atoms with Gasteiger partial charge in [-0.15, -0.1) is 0 Å². The molecule has 1 spiro atoms. The molecule has 3 fully saturated rings. The van der Waals surface area contributed by atoms with Crippen LogP contribution in [-0.2, 0) is 26.0 Å². The highest BCUT2D eigenvalue weighted by Crippen LogP contribution is 2.41. The Kier molecular flexibility index (Phi) is 7.91. The molecule has 0 radical (unpaired) electrons. The molecule has 2 heterocycles. The lowest BCUT2D eigenvalue weighted by atomic mass is 9.77. The quantitative estimate of drug-likeness (QED) is 0.496. The largest absolute Gasteiger partial charge is 0.349 e. The fraction of sp³-hybridized carbons (Fsp3) is 0.533. The van der Waals surface area contributed by atoms with Gasteiger partial charge in [-0.3, -0.25) is 9.59 Å². The average molecular weight is 538 g/mol. The predicted octanol–water partition coefficient (Wildman–Crippen LogP) is 3.95. The molecule has 38 heavy (non-hydrogen) atoms. The topological polar surface area (TPSA) is 86.8 Å². The van der Waals surface area contributed by atoms with Gasteiger partial charge in [0.2, 0.25) is 11.8 Å². The van der Waals surface area contributed by atoms with E-state index >= 15 is 0 Å². The van der Waals surface area contributed by atoms with Crippen molar-refractivity contribution in [2.75, 3.05) is 32.4 Å². The minimum Gasteiger partial charge on any atom is -0.349 e. The van der Waals surface area contributed by atoms with E-state index in [1.165, 1.54) is 19.1 Å². The first-order valence-corrected chi connectivity index (χ1v) is 15.7. The van der Waals surface area contributed by atoms with Crippen LogP contribution in [0, 0.1) is 11.3 Å². The van der Waals surface area contributed by atoms with Gasteiger partial charge in [-0.25, -0.2) is 8.42 Å². The second-order valence-electron chi connectivity index (χ2n) is 11.7. The van der Waals surface area contributed by atoms with E-state index in [0.717, 1.165) is 56.6 Å². The van der Waals surface area contributed by atoms with E-state index in [1.54, 1.807) is 12.1 Å². The molecule has 1 atom stereocenters. The van der Waals surface area contributed by atoms with Crippen LogP contribution in [0.5, 0.6) is 0 Å². The van der Waals surface area contributed by atoms with Crippen LogP contribution in [0.15, 0.2) is 59.5 Å².